The summed E-state index contributed by atoms with van der Waals surface area (Å²) in [6, 6.07) is 7.41. The summed E-state index contributed by atoms with van der Waals surface area (Å²) >= 11 is 7.19. The number of carbonyl (C=O) groups is 1. The van der Waals surface area contributed by atoms with E-state index in [0.717, 1.165) is 11.4 Å². The monoisotopic (exact) mass is 310 g/mol. The number of rotatable bonds is 5. The summed E-state index contributed by atoms with van der Waals surface area (Å²) in [6.45, 7) is 4.46. The molecule has 0 aliphatic heterocycles. The molecule has 0 radical (unpaired) electrons. The van der Waals surface area contributed by atoms with Gasteiger partial charge in [0.25, 0.3) is 0 Å². The first-order valence-electron chi connectivity index (χ1n) is 6.18. The molecular weight excluding hydrogens is 296 g/mol. The van der Waals surface area contributed by atoms with Crippen molar-refractivity contribution in [3.8, 4) is 11.4 Å². The van der Waals surface area contributed by atoms with Gasteiger partial charge in [-0.25, -0.2) is 0 Å². The molecule has 1 aromatic carbocycles. The molecule has 1 amide bonds. The Bertz CT molecular complexity index is 611. The van der Waals surface area contributed by atoms with Crippen molar-refractivity contribution in [1.82, 2.24) is 14.8 Å². The lowest BCUT2D eigenvalue weighted by Gasteiger charge is -2.09. The molecule has 20 heavy (non-hydrogen) atoms. The number of carbonyl (C=O) groups excluding carboxylic acids is 1. The van der Waals surface area contributed by atoms with Crippen molar-refractivity contribution < 1.29 is 4.79 Å². The maximum atomic E-state index is 11.1. The number of primary amides is 1. The van der Waals surface area contributed by atoms with E-state index in [1.165, 1.54) is 11.8 Å². The lowest BCUT2D eigenvalue weighted by Crippen LogP contribution is -2.23. The number of halogens is 1. The fourth-order valence-electron chi connectivity index (χ4n) is 1.69. The molecule has 2 N–H and O–H groups in total. The van der Waals surface area contributed by atoms with Crippen LogP contribution >= 0.6 is 23.4 Å². The number of aromatic nitrogens is 3. The highest BCUT2D eigenvalue weighted by Gasteiger charge is 2.18. The SMILES string of the molecule is CCn1c(S[C@@H](C)C(N)=O)nnc1-c1ccc(Cl)cc1. The fourth-order valence-corrected chi connectivity index (χ4v) is 2.68. The van der Waals surface area contributed by atoms with Crippen LogP contribution in [0.5, 0.6) is 0 Å². The molecule has 2 rings (SSSR count). The van der Waals surface area contributed by atoms with Gasteiger partial charge in [-0.05, 0) is 38.1 Å². The van der Waals surface area contributed by atoms with Crippen LogP contribution in [-0.2, 0) is 11.3 Å². The van der Waals surface area contributed by atoms with Crippen LogP contribution < -0.4 is 5.73 Å². The second kappa shape index (κ2) is 6.28. The van der Waals surface area contributed by atoms with E-state index in [1.807, 2.05) is 35.8 Å². The van der Waals surface area contributed by atoms with Gasteiger partial charge < -0.3 is 10.3 Å². The summed E-state index contributed by atoms with van der Waals surface area (Å²) in [5.41, 5.74) is 6.21. The predicted molar refractivity (Wildman–Crippen MR) is 80.7 cm³/mol. The Morgan fingerprint density at radius 1 is 1.40 bits per heavy atom. The molecule has 0 spiro atoms. The highest BCUT2D eigenvalue weighted by Crippen LogP contribution is 2.27. The number of nitrogens with zero attached hydrogens (tertiary/aromatic N) is 3. The van der Waals surface area contributed by atoms with Gasteiger partial charge >= 0.3 is 0 Å². The van der Waals surface area contributed by atoms with E-state index >= 15 is 0 Å². The number of hydrogen-bond donors (Lipinski definition) is 1. The van der Waals surface area contributed by atoms with Gasteiger partial charge in [0.05, 0.1) is 5.25 Å². The van der Waals surface area contributed by atoms with E-state index in [4.69, 9.17) is 17.3 Å². The largest absolute Gasteiger partial charge is 0.369 e. The van der Waals surface area contributed by atoms with Gasteiger partial charge in [-0.1, -0.05) is 23.4 Å². The van der Waals surface area contributed by atoms with Gasteiger partial charge in [0.15, 0.2) is 11.0 Å². The van der Waals surface area contributed by atoms with Crippen LogP contribution in [-0.4, -0.2) is 25.9 Å². The van der Waals surface area contributed by atoms with E-state index in [1.54, 1.807) is 6.92 Å². The minimum Gasteiger partial charge on any atom is -0.369 e. The first-order chi connectivity index (χ1) is 9.52. The molecule has 0 aliphatic carbocycles. The minimum atomic E-state index is -0.367. The third-order valence-corrected chi connectivity index (χ3v) is 4.17. The molecule has 1 atom stereocenters. The number of benzene rings is 1. The van der Waals surface area contributed by atoms with Crippen LogP contribution in [0.2, 0.25) is 5.02 Å². The second-order valence-electron chi connectivity index (χ2n) is 4.22. The first-order valence-corrected chi connectivity index (χ1v) is 7.43. The molecule has 1 heterocycles. The van der Waals surface area contributed by atoms with Gasteiger partial charge in [0.1, 0.15) is 0 Å². The van der Waals surface area contributed by atoms with Crippen molar-refractivity contribution in [2.24, 2.45) is 5.73 Å². The highest BCUT2D eigenvalue weighted by molar-refractivity contribution is 8.00. The van der Waals surface area contributed by atoms with Crippen molar-refractivity contribution in [2.75, 3.05) is 0 Å². The quantitative estimate of drug-likeness (QED) is 0.861. The lowest BCUT2D eigenvalue weighted by molar-refractivity contribution is -0.117. The molecule has 0 saturated carbocycles. The van der Waals surface area contributed by atoms with E-state index < -0.39 is 0 Å². The average Bonchev–Trinajstić information content (AvgIpc) is 2.82. The zero-order valence-electron chi connectivity index (χ0n) is 11.2. The molecule has 1 aromatic heterocycles. The molecular formula is C13H15ClN4OS. The Hall–Kier alpha value is -1.53. The molecule has 0 bridgehead atoms. The number of amides is 1. The summed E-state index contributed by atoms with van der Waals surface area (Å²) in [5, 5.41) is 9.35. The number of thioether (sulfide) groups is 1. The third kappa shape index (κ3) is 3.13. The molecule has 0 saturated heterocycles. The summed E-state index contributed by atoms with van der Waals surface area (Å²) in [4.78, 5) is 11.1. The minimum absolute atomic E-state index is 0.345. The lowest BCUT2D eigenvalue weighted by atomic mass is 10.2. The van der Waals surface area contributed by atoms with Crippen LogP contribution in [0, 0.1) is 0 Å². The molecule has 2 aromatic rings. The summed E-state index contributed by atoms with van der Waals surface area (Å²) in [6.07, 6.45) is 0. The number of hydrogen-bond acceptors (Lipinski definition) is 4. The Labute approximate surface area is 126 Å². The van der Waals surface area contributed by atoms with Crippen LogP contribution in [0.25, 0.3) is 11.4 Å². The van der Waals surface area contributed by atoms with Crippen LogP contribution in [0.4, 0.5) is 0 Å². The Kier molecular flexibility index (Phi) is 4.67. The smallest absolute Gasteiger partial charge is 0.230 e. The molecule has 106 valence electrons. The highest BCUT2D eigenvalue weighted by atomic mass is 35.5. The van der Waals surface area contributed by atoms with Crippen LogP contribution in [0.15, 0.2) is 29.4 Å². The maximum absolute atomic E-state index is 11.1. The molecule has 5 nitrogen and oxygen atoms in total. The molecule has 7 heteroatoms. The van der Waals surface area contributed by atoms with E-state index in [2.05, 4.69) is 10.2 Å². The second-order valence-corrected chi connectivity index (χ2v) is 5.96. The van der Waals surface area contributed by atoms with E-state index in [9.17, 15) is 4.79 Å². The molecule has 0 fully saturated rings. The topological polar surface area (TPSA) is 73.8 Å². The van der Waals surface area contributed by atoms with E-state index in [0.29, 0.717) is 16.7 Å². The normalized spacial score (nSPS) is 12.3. The zero-order chi connectivity index (χ0) is 14.7. The first kappa shape index (κ1) is 14.9. The maximum Gasteiger partial charge on any atom is 0.230 e. The van der Waals surface area contributed by atoms with Crippen LogP contribution in [0.3, 0.4) is 0 Å². The van der Waals surface area contributed by atoms with Gasteiger partial charge in [0.2, 0.25) is 5.91 Å². The molecule has 0 unspecified atom stereocenters. The Morgan fingerprint density at radius 2 is 2.05 bits per heavy atom. The van der Waals surface area contributed by atoms with Crippen molar-refractivity contribution in [3.63, 3.8) is 0 Å². The summed E-state index contributed by atoms with van der Waals surface area (Å²) in [7, 11) is 0. The molecule has 0 aliphatic rings. The van der Waals surface area contributed by atoms with Gasteiger partial charge in [0, 0.05) is 17.1 Å². The van der Waals surface area contributed by atoms with Gasteiger partial charge in [-0.15, -0.1) is 10.2 Å². The zero-order valence-corrected chi connectivity index (χ0v) is 12.8. The fraction of sp³-hybridized carbons (Fsp3) is 0.308. The predicted octanol–water partition coefficient (Wildman–Crippen LogP) is 2.58. The number of nitrogens with two attached hydrogens (primary N) is 1. The summed E-state index contributed by atoms with van der Waals surface area (Å²) < 4.78 is 1.95. The van der Waals surface area contributed by atoms with Crippen molar-refractivity contribution in [1.29, 1.82) is 0 Å². The standard InChI is InChI=1S/C13H15ClN4OS/c1-3-18-12(9-4-6-10(14)7-5-9)16-17-13(18)20-8(2)11(15)19/h4-8H,3H2,1-2H3,(H2,15,19)/t8-/m0/s1. The van der Waals surface area contributed by atoms with E-state index in [-0.39, 0.29) is 11.2 Å². The Morgan fingerprint density at radius 3 is 2.60 bits per heavy atom. The van der Waals surface area contributed by atoms with Crippen molar-refractivity contribution in [3.05, 3.63) is 29.3 Å². The van der Waals surface area contributed by atoms with Gasteiger partial charge in [-0.2, -0.15) is 0 Å². The van der Waals surface area contributed by atoms with Crippen molar-refractivity contribution >= 4 is 29.3 Å². The third-order valence-electron chi connectivity index (χ3n) is 2.82. The average molecular weight is 311 g/mol. The summed E-state index contributed by atoms with van der Waals surface area (Å²) in [5.74, 6) is 0.386. The Balaban J connectivity index is 2.34. The van der Waals surface area contributed by atoms with Crippen LogP contribution in [0.1, 0.15) is 13.8 Å². The van der Waals surface area contributed by atoms with Crippen molar-refractivity contribution in [2.45, 2.75) is 30.8 Å². The van der Waals surface area contributed by atoms with Gasteiger partial charge in [-0.3, -0.25) is 4.79 Å².